The zero-order valence-electron chi connectivity index (χ0n) is 13.7. The molecular weight excluding hydrogens is 304 g/mol. The van der Waals surface area contributed by atoms with Crippen LogP contribution in [0.1, 0.15) is 16.8 Å². The Hall–Kier alpha value is -2.37. The first-order chi connectivity index (χ1) is 11.6. The molecule has 1 heterocycles. The lowest BCUT2D eigenvalue weighted by Gasteiger charge is -2.21. The predicted octanol–water partition coefficient (Wildman–Crippen LogP) is 1.82. The monoisotopic (exact) mass is 326 g/mol. The van der Waals surface area contributed by atoms with Crippen LogP contribution in [0, 0.1) is 0 Å². The van der Waals surface area contributed by atoms with Gasteiger partial charge in [-0.25, -0.2) is 0 Å². The Kier molecular flexibility index (Phi) is 4.83. The highest BCUT2D eigenvalue weighted by Crippen LogP contribution is 2.24. The van der Waals surface area contributed by atoms with Crippen molar-refractivity contribution in [2.45, 2.75) is 12.0 Å². The molecule has 0 aromatic heterocycles. The van der Waals surface area contributed by atoms with Gasteiger partial charge in [0.2, 0.25) is 0 Å². The fraction of sp³-hybridized carbons (Fsp3) is 0.316. The summed E-state index contributed by atoms with van der Waals surface area (Å²) in [6.07, 6.45) is 0.650. The van der Waals surface area contributed by atoms with E-state index in [1.807, 2.05) is 42.5 Å². The molecule has 2 aromatic carbocycles. The Bertz CT molecular complexity index is 724. The summed E-state index contributed by atoms with van der Waals surface area (Å²) in [6, 6.07) is 15.2. The van der Waals surface area contributed by atoms with Crippen LogP contribution in [-0.4, -0.2) is 43.4 Å². The Labute approximate surface area is 141 Å². The zero-order valence-corrected chi connectivity index (χ0v) is 13.7. The first kappa shape index (κ1) is 16.5. The molecule has 2 aromatic rings. The van der Waals surface area contributed by atoms with Gasteiger partial charge in [0.15, 0.2) is 0 Å². The van der Waals surface area contributed by atoms with Crippen molar-refractivity contribution in [1.82, 2.24) is 10.6 Å². The number of benzene rings is 2. The number of hydrogen-bond donors (Lipinski definition) is 3. The molecule has 1 fully saturated rings. The zero-order chi connectivity index (χ0) is 17.0. The normalized spacial score (nSPS) is 19.9. The maximum Gasteiger partial charge on any atom is 0.251 e. The van der Waals surface area contributed by atoms with Gasteiger partial charge >= 0.3 is 0 Å². The van der Waals surface area contributed by atoms with Gasteiger partial charge in [-0.2, -0.15) is 0 Å². The Balaban J connectivity index is 1.73. The van der Waals surface area contributed by atoms with E-state index in [2.05, 4.69) is 10.6 Å². The number of nitrogens with one attached hydrogen (secondary N) is 2. The molecule has 126 valence electrons. The van der Waals surface area contributed by atoms with Gasteiger partial charge in [-0.05, 0) is 48.4 Å². The van der Waals surface area contributed by atoms with E-state index in [1.54, 1.807) is 13.2 Å². The van der Waals surface area contributed by atoms with Crippen LogP contribution in [0.3, 0.4) is 0 Å². The van der Waals surface area contributed by atoms with E-state index in [0.29, 0.717) is 18.5 Å². The van der Waals surface area contributed by atoms with Crippen molar-refractivity contribution < 1.29 is 14.6 Å². The van der Waals surface area contributed by atoms with Gasteiger partial charge in [-0.3, -0.25) is 4.79 Å². The molecular formula is C19H22N2O3. The van der Waals surface area contributed by atoms with Gasteiger partial charge in [0.05, 0.1) is 12.7 Å². The van der Waals surface area contributed by atoms with E-state index < -0.39 is 5.60 Å². The average Bonchev–Trinajstić information content (AvgIpc) is 3.07. The van der Waals surface area contributed by atoms with Crippen LogP contribution in [0.5, 0.6) is 5.75 Å². The van der Waals surface area contributed by atoms with Crippen molar-refractivity contribution in [2.75, 3.05) is 26.7 Å². The quantitative estimate of drug-likeness (QED) is 0.784. The van der Waals surface area contributed by atoms with Crippen molar-refractivity contribution in [3.8, 4) is 16.9 Å². The lowest BCUT2D eigenvalue weighted by molar-refractivity contribution is 0.0562. The second-order valence-corrected chi connectivity index (χ2v) is 6.15. The highest BCUT2D eigenvalue weighted by molar-refractivity contribution is 5.95. The van der Waals surface area contributed by atoms with Crippen LogP contribution in [0.15, 0.2) is 48.5 Å². The van der Waals surface area contributed by atoms with Crippen LogP contribution >= 0.6 is 0 Å². The fourth-order valence-corrected chi connectivity index (χ4v) is 2.87. The minimum absolute atomic E-state index is 0.180. The molecule has 0 aliphatic carbocycles. The summed E-state index contributed by atoms with van der Waals surface area (Å²) >= 11 is 0. The molecule has 0 bridgehead atoms. The first-order valence-electron chi connectivity index (χ1n) is 8.05. The molecule has 0 unspecified atom stereocenters. The summed E-state index contributed by atoms with van der Waals surface area (Å²) in [4.78, 5) is 12.4. The van der Waals surface area contributed by atoms with Gasteiger partial charge in [-0.1, -0.05) is 24.3 Å². The van der Waals surface area contributed by atoms with Gasteiger partial charge < -0.3 is 20.5 Å². The van der Waals surface area contributed by atoms with Crippen LogP contribution in [0.25, 0.3) is 11.1 Å². The molecule has 1 aliphatic heterocycles. The highest BCUT2D eigenvalue weighted by Gasteiger charge is 2.31. The number of rotatable bonds is 5. The van der Waals surface area contributed by atoms with Crippen molar-refractivity contribution in [1.29, 1.82) is 0 Å². The van der Waals surface area contributed by atoms with Crippen LogP contribution in [0.4, 0.5) is 0 Å². The number of β-amino-alcohol motifs (C(OH)–C–C–N with tert-alkyl or cyclic N) is 1. The largest absolute Gasteiger partial charge is 0.497 e. The molecule has 0 radical (unpaired) electrons. The lowest BCUT2D eigenvalue weighted by atomic mass is 10.0. The molecule has 1 aliphatic rings. The van der Waals surface area contributed by atoms with E-state index in [9.17, 15) is 9.90 Å². The van der Waals surface area contributed by atoms with Crippen molar-refractivity contribution in [3.05, 3.63) is 54.1 Å². The topological polar surface area (TPSA) is 70.6 Å². The molecule has 1 saturated heterocycles. The maximum atomic E-state index is 12.4. The summed E-state index contributed by atoms with van der Waals surface area (Å²) in [5.41, 5.74) is 1.66. The van der Waals surface area contributed by atoms with Gasteiger partial charge in [-0.15, -0.1) is 0 Å². The molecule has 24 heavy (non-hydrogen) atoms. The summed E-state index contributed by atoms with van der Waals surface area (Å²) in [5, 5.41) is 16.2. The minimum atomic E-state index is -0.847. The molecule has 5 heteroatoms. The smallest absolute Gasteiger partial charge is 0.251 e. The summed E-state index contributed by atoms with van der Waals surface area (Å²) < 4.78 is 5.25. The summed E-state index contributed by atoms with van der Waals surface area (Å²) in [5.74, 6) is 0.596. The van der Waals surface area contributed by atoms with Gasteiger partial charge in [0, 0.05) is 18.7 Å². The molecule has 1 atom stereocenters. The SMILES string of the molecule is COc1cccc(-c2cccc(C(=O)NC[C@]3(O)CCNC3)c2)c1. The van der Waals surface area contributed by atoms with Crippen molar-refractivity contribution in [2.24, 2.45) is 0 Å². The third-order valence-corrected chi connectivity index (χ3v) is 4.33. The number of ether oxygens (including phenoxy) is 1. The summed E-state index contributed by atoms with van der Waals surface area (Å²) in [7, 11) is 1.63. The second kappa shape index (κ2) is 7.03. The molecule has 1 amide bonds. The second-order valence-electron chi connectivity index (χ2n) is 6.15. The number of methoxy groups -OCH3 is 1. The minimum Gasteiger partial charge on any atom is -0.497 e. The highest BCUT2D eigenvalue weighted by atomic mass is 16.5. The van der Waals surface area contributed by atoms with Crippen molar-refractivity contribution in [3.63, 3.8) is 0 Å². The number of carbonyl (C=O) groups is 1. The molecule has 3 rings (SSSR count). The fourth-order valence-electron chi connectivity index (χ4n) is 2.87. The molecule has 5 nitrogen and oxygen atoms in total. The molecule has 0 saturated carbocycles. The number of carbonyl (C=O) groups excluding carboxylic acids is 1. The predicted molar refractivity (Wildman–Crippen MR) is 93.2 cm³/mol. The van der Waals surface area contributed by atoms with E-state index >= 15 is 0 Å². The Morgan fingerprint density at radius 1 is 1.25 bits per heavy atom. The standard InChI is InChI=1S/C19H22N2O3/c1-24-17-7-3-5-15(11-17)14-4-2-6-16(10-14)18(22)21-13-19(23)8-9-20-12-19/h2-7,10-11,20,23H,8-9,12-13H2,1H3,(H,21,22)/t19-/m0/s1. The van der Waals surface area contributed by atoms with Crippen LogP contribution in [0.2, 0.25) is 0 Å². The number of amides is 1. The maximum absolute atomic E-state index is 12.4. The Morgan fingerprint density at radius 3 is 2.71 bits per heavy atom. The van der Waals surface area contributed by atoms with Gasteiger partial charge in [0.1, 0.15) is 5.75 Å². The summed E-state index contributed by atoms with van der Waals surface area (Å²) in [6.45, 7) is 1.54. The van der Waals surface area contributed by atoms with Crippen LogP contribution in [-0.2, 0) is 0 Å². The van der Waals surface area contributed by atoms with Gasteiger partial charge in [0.25, 0.3) is 5.91 Å². The van der Waals surface area contributed by atoms with E-state index in [1.165, 1.54) is 0 Å². The molecule has 3 N–H and O–H groups in total. The Morgan fingerprint density at radius 2 is 2.00 bits per heavy atom. The van der Waals surface area contributed by atoms with Crippen molar-refractivity contribution >= 4 is 5.91 Å². The third kappa shape index (κ3) is 3.75. The average molecular weight is 326 g/mol. The first-order valence-corrected chi connectivity index (χ1v) is 8.05. The molecule has 0 spiro atoms. The van der Waals surface area contributed by atoms with E-state index in [-0.39, 0.29) is 12.5 Å². The third-order valence-electron chi connectivity index (χ3n) is 4.33. The van der Waals surface area contributed by atoms with E-state index in [4.69, 9.17) is 4.74 Å². The lowest BCUT2D eigenvalue weighted by Crippen LogP contribution is -2.44. The number of aliphatic hydroxyl groups is 1. The van der Waals surface area contributed by atoms with E-state index in [0.717, 1.165) is 23.4 Å². The number of hydrogen-bond acceptors (Lipinski definition) is 4. The van der Waals surface area contributed by atoms with Crippen LogP contribution < -0.4 is 15.4 Å².